The Morgan fingerprint density at radius 1 is 0.864 bits per heavy atom. The van der Waals surface area contributed by atoms with Crippen LogP contribution < -0.4 is 10.5 Å². The molecule has 4 aromatic rings. The van der Waals surface area contributed by atoms with Gasteiger partial charge in [0.15, 0.2) is 5.78 Å². The molecule has 1 unspecified atom stereocenters. The number of rotatable bonds is 13. The van der Waals surface area contributed by atoms with Crippen LogP contribution in [0.3, 0.4) is 0 Å². The summed E-state index contributed by atoms with van der Waals surface area (Å²) < 4.78 is 23.3. The number of carbonyl (C=O) groups excluding carboxylic acids is 2. The highest BCUT2D eigenvalue weighted by Crippen LogP contribution is 2.34. The quantitative estimate of drug-likeness (QED) is 0.187. The molecule has 0 aliphatic carbocycles. The van der Waals surface area contributed by atoms with Gasteiger partial charge >= 0.3 is 0 Å². The Balaban J connectivity index is 1.16. The number of benzene rings is 4. The number of hydrogen-bond acceptors (Lipinski definition) is 7. The maximum absolute atomic E-state index is 12.7. The first kappa shape index (κ1) is 32.0. The summed E-state index contributed by atoms with van der Waals surface area (Å²) in [5, 5.41) is 7.89. The standard InChI is InChI=1S/C34H35N3O4S3/c35-44(40,41)30-16-14-27(15-17-30)24-37(18-19-42-29-7-2-1-3-8-29)23-26-12-10-25(11-13-26)22-36-34(39)21-33-31(38)20-28-6-4-5-9-32(28)43-33/h1-17,33H,18-24H2,(H,36,39)(H2,35,40,41). The van der Waals surface area contributed by atoms with E-state index in [2.05, 4.69) is 34.5 Å². The Morgan fingerprint density at radius 2 is 1.48 bits per heavy atom. The van der Waals surface area contributed by atoms with E-state index in [0.29, 0.717) is 26.1 Å². The minimum Gasteiger partial charge on any atom is -0.352 e. The lowest BCUT2D eigenvalue weighted by molar-refractivity contribution is -0.124. The van der Waals surface area contributed by atoms with Crippen LogP contribution in [-0.2, 0) is 45.7 Å². The Labute approximate surface area is 267 Å². The normalized spacial score (nSPS) is 14.8. The maximum Gasteiger partial charge on any atom is 0.238 e. The van der Waals surface area contributed by atoms with Crippen molar-refractivity contribution < 1.29 is 18.0 Å². The molecule has 1 heterocycles. The number of nitrogens with one attached hydrogen (secondary N) is 1. The van der Waals surface area contributed by atoms with Gasteiger partial charge in [0.05, 0.1) is 10.1 Å². The number of thioether (sulfide) groups is 2. The van der Waals surface area contributed by atoms with Crippen LogP contribution in [0.25, 0.3) is 0 Å². The SMILES string of the molecule is NS(=O)(=O)c1ccc(CN(CCSc2ccccc2)Cc2ccc(CNC(=O)CC3Sc4ccccc4CC3=O)cc2)cc1. The summed E-state index contributed by atoms with van der Waals surface area (Å²) in [4.78, 5) is 30.0. The van der Waals surface area contributed by atoms with Crippen molar-refractivity contribution in [2.45, 2.75) is 52.4 Å². The van der Waals surface area contributed by atoms with Gasteiger partial charge in [0, 0.05) is 54.6 Å². The fraction of sp³-hybridized carbons (Fsp3) is 0.235. The van der Waals surface area contributed by atoms with E-state index in [1.165, 1.54) is 16.7 Å². The molecule has 0 saturated carbocycles. The van der Waals surface area contributed by atoms with Crippen LogP contribution in [-0.4, -0.2) is 42.6 Å². The Morgan fingerprint density at radius 3 is 2.16 bits per heavy atom. The van der Waals surface area contributed by atoms with E-state index in [0.717, 1.165) is 39.4 Å². The number of nitrogens with zero attached hydrogens (tertiary/aromatic N) is 1. The van der Waals surface area contributed by atoms with Crippen LogP contribution in [0.15, 0.2) is 118 Å². The largest absolute Gasteiger partial charge is 0.352 e. The molecule has 4 aromatic carbocycles. The Kier molecular flexibility index (Phi) is 10.9. The van der Waals surface area contributed by atoms with Crippen LogP contribution in [0.2, 0.25) is 0 Å². The van der Waals surface area contributed by atoms with Gasteiger partial charge in [-0.15, -0.1) is 23.5 Å². The first-order chi connectivity index (χ1) is 21.2. The van der Waals surface area contributed by atoms with E-state index < -0.39 is 10.0 Å². The van der Waals surface area contributed by atoms with Gasteiger partial charge < -0.3 is 5.32 Å². The molecule has 7 nitrogen and oxygen atoms in total. The van der Waals surface area contributed by atoms with Crippen LogP contribution >= 0.6 is 23.5 Å². The third-order valence-electron chi connectivity index (χ3n) is 7.33. The predicted molar refractivity (Wildman–Crippen MR) is 177 cm³/mol. The third kappa shape index (κ3) is 9.30. The molecule has 1 aliphatic heterocycles. The molecule has 228 valence electrons. The van der Waals surface area contributed by atoms with Crippen LogP contribution in [0.1, 0.15) is 28.7 Å². The van der Waals surface area contributed by atoms with Crippen LogP contribution in [0.4, 0.5) is 0 Å². The molecule has 1 amide bonds. The van der Waals surface area contributed by atoms with E-state index in [4.69, 9.17) is 5.14 Å². The second-order valence-corrected chi connectivity index (χ2v) is 14.7. The lowest BCUT2D eigenvalue weighted by Gasteiger charge is -2.23. The molecule has 5 rings (SSSR count). The van der Waals surface area contributed by atoms with Gasteiger partial charge in [-0.3, -0.25) is 14.5 Å². The van der Waals surface area contributed by atoms with Crippen molar-refractivity contribution in [2.24, 2.45) is 5.14 Å². The van der Waals surface area contributed by atoms with Crippen molar-refractivity contribution in [3.63, 3.8) is 0 Å². The van der Waals surface area contributed by atoms with Crippen molar-refractivity contribution in [3.05, 3.63) is 125 Å². The fourth-order valence-corrected chi connectivity index (χ4v) is 7.62. The average molecular weight is 646 g/mol. The van der Waals surface area contributed by atoms with Gasteiger partial charge in [-0.25, -0.2) is 13.6 Å². The number of hydrogen-bond donors (Lipinski definition) is 2. The highest BCUT2D eigenvalue weighted by molar-refractivity contribution is 8.00. The molecule has 3 N–H and O–H groups in total. The number of primary sulfonamides is 1. The molecule has 1 atom stereocenters. The van der Waals surface area contributed by atoms with E-state index >= 15 is 0 Å². The fourth-order valence-electron chi connectivity index (χ4n) is 4.97. The van der Waals surface area contributed by atoms with E-state index in [1.54, 1.807) is 36.0 Å². The van der Waals surface area contributed by atoms with E-state index in [1.807, 2.05) is 54.6 Å². The summed E-state index contributed by atoms with van der Waals surface area (Å²) in [7, 11) is -3.74. The number of carbonyl (C=O) groups is 2. The molecular weight excluding hydrogens is 611 g/mol. The van der Waals surface area contributed by atoms with Crippen molar-refractivity contribution in [3.8, 4) is 0 Å². The summed E-state index contributed by atoms with van der Waals surface area (Å²) in [5.41, 5.74) is 4.15. The third-order valence-corrected chi connectivity index (χ3v) is 10.6. The topological polar surface area (TPSA) is 110 Å². The number of fused-ring (bicyclic) bond motifs is 1. The van der Waals surface area contributed by atoms with Gasteiger partial charge in [-0.05, 0) is 52.6 Å². The minimum absolute atomic E-state index is 0.0975. The number of Topliss-reactive ketones (excluding diaryl/α,β-unsaturated/α-hetero) is 1. The average Bonchev–Trinajstić information content (AvgIpc) is 3.01. The van der Waals surface area contributed by atoms with Gasteiger partial charge in [0.1, 0.15) is 0 Å². The predicted octanol–water partition coefficient (Wildman–Crippen LogP) is 5.42. The monoisotopic (exact) mass is 645 g/mol. The molecule has 1 aliphatic rings. The lowest BCUT2D eigenvalue weighted by Crippen LogP contribution is -2.32. The van der Waals surface area contributed by atoms with Crippen molar-refractivity contribution in [1.82, 2.24) is 10.2 Å². The van der Waals surface area contributed by atoms with Crippen LogP contribution in [0.5, 0.6) is 0 Å². The molecule has 44 heavy (non-hydrogen) atoms. The van der Waals surface area contributed by atoms with Crippen molar-refractivity contribution >= 4 is 45.2 Å². The highest BCUT2D eigenvalue weighted by atomic mass is 32.2. The zero-order valence-corrected chi connectivity index (χ0v) is 26.7. The lowest BCUT2D eigenvalue weighted by atomic mass is 10.0. The zero-order chi connectivity index (χ0) is 30.9. The molecule has 0 bridgehead atoms. The smallest absolute Gasteiger partial charge is 0.238 e. The zero-order valence-electron chi connectivity index (χ0n) is 24.2. The van der Waals surface area contributed by atoms with Crippen molar-refractivity contribution in [1.29, 1.82) is 0 Å². The van der Waals surface area contributed by atoms with E-state index in [-0.39, 0.29) is 28.3 Å². The van der Waals surface area contributed by atoms with Crippen LogP contribution in [0, 0.1) is 0 Å². The number of sulfonamides is 1. The molecule has 0 spiro atoms. The number of amides is 1. The van der Waals surface area contributed by atoms with Gasteiger partial charge in [-0.1, -0.05) is 72.8 Å². The highest BCUT2D eigenvalue weighted by Gasteiger charge is 2.28. The molecule has 0 radical (unpaired) electrons. The summed E-state index contributed by atoms with van der Waals surface area (Å²) in [5.74, 6) is 0.867. The number of nitrogens with two attached hydrogens (primary N) is 1. The Hall–Kier alpha value is -3.41. The van der Waals surface area contributed by atoms with Gasteiger partial charge in [-0.2, -0.15) is 0 Å². The minimum atomic E-state index is -3.74. The first-order valence-electron chi connectivity index (χ1n) is 14.4. The summed E-state index contributed by atoms with van der Waals surface area (Å²) in [6, 6.07) is 33.0. The first-order valence-corrected chi connectivity index (χ1v) is 17.8. The van der Waals surface area contributed by atoms with E-state index in [9.17, 15) is 18.0 Å². The summed E-state index contributed by atoms with van der Waals surface area (Å²) in [6.45, 7) is 2.59. The number of ketones is 1. The van der Waals surface area contributed by atoms with Crippen molar-refractivity contribution in [2.75, 3.05) is 12.3 Å². The summed E-state index contributed by atoms with van der Waals surface area (Å²) >= 11 is 3.28. The van der Waals surface area contributed by atoms with Gasteiger partial charge in [0.25, 0.3) is 0 Å². The molecule has 0 saturated heterocycles. The van der Waals surface area contributed by atoms with Gasteiger partial charge in [0.2, 0.25) is 15.9 Å². The molecular formula is C34H35N3O4S3. The summed E-state index contributed by atoms with van der Waals surface area (Å²) in [6.07, 6.45) is 0.551. The molecule has 0 aromatic heterocycles. The molecule has 10 heteroatoms. The maximum atomic E-state index is 12.7. The second kappa shape index (κ2) is 15.0. The Bertz CT molecular complexity index is 1680. The molecule has 0 fully saturated rings. The second-order valence-electron chi connectivity index (χ2n) is 10.7.